The van der Waals surface area contributed by atoms with Gasteiger partial charge in [-0.3, -0.25) is 14.4 Å². The Balaban J connectivity index is 4.70. The van der Waals surface area contributed by atoms with E-state index >= 15 is 0 Å². The molecule has 2 N–H and O–H groups in total. The monoisotopic (exact) mass is 496 g/mol. The minimum atomic E-state index is -0.937. The van der Waals surface area contributed by atoms with Crippen LogP contribution in [-0.4, -0.2) is 46.9 Å². The Kier molecular flexibility index (Phi) is 23.0. The third-order valence-corrected chi connectivity index (χ3v) is 6.66. The molecule has 0 saturated carbocycles. The second-order valence-corrected chi connectivity index (χ2v) is 10.1. The molecule has 0 heterocycles. The fraction of sp³-hybridized carbons (Fsp3) is 0.897. The van der Waals surface area contributed by atoms with Gasteiger partial charge >= 0.3 is 5.97 Å². The van der Waals surface area contributed by atoms with Gasteiger partial charge in [-0.25, -0.2) is 0 Å². The van der Waals surface area contributed by atoms with Crippen LogP contribution in [0.2, 0.25) is 0 Å². The Morgan fingerprint density at radius 3 is 1.51 bits per heavy atom. The highest BCUT2D eigenvalue weighted by Crippen LogP contribution is 2.12. The molecule has 0 fully saturated rings. The zero-order valence-electron chi connectivity index (χ0n) is 23.3. The van der Waals surface area contributed by atoms with Crippen molar-refractivity contribution in [1.82, 2.24) is 10.2 Å². The summed E-state index contributed by atoms with van der Waals surface area (Å²) in [6, 6.07) is -0.741. The number of aliphatic carboxylic acids is 1. The molecule has 0 radical (unpaired) electrons. The summed E-state index contributed by atoms with van der Waals surface area (Å²) in [5, 5.41) is 12.1. The fourth-order valence-electron chi connectivity index (χ4n) is 4.40. The highest BCUT2D eigenvalue weighted by molar-refractivity contribution is 5.88. The maximum absolute atomic E-state index is 13.4. The second-order valence-electron chi connectivity index (χ2n) is 10.1. The highest BCUT2D eigenvalue weighted by Gasteiger charge is 2.26. The maximum atomic E-state index is 13.4. The second kappa shape index (κ2) is 24.1. The molecular weight excluding hydrogens is 440 g/mol. The molecule has 206 valence electrons. The van der Waals surface area contributed by atoms with Crippen molar-refractivity contribution in [2.75, 3.05) is 13.1 Å². The van der Waals surface area contributed by atoms with Crippen LogP contribution in [0.3, 0.4) is 0 Å². The highest BCUT2D eigenvalue weighted by atomic mass is 16.4. The van der Waals surface area contributed by atoms with Gasteiger partial charge in [0.1, 0.15) is 6.04 Å². The van der Waals surface area contributed by atoms with Crippen molar-refractivity contribution < 1.29 is 19.5 Å². The summed E-state index contributed by atoms with van der Waals surface area (Å²) in [4.78, 5) is 39.0. The van der Waals surface area contributed by atoms with Crippen LogP contribution in [0, 0.1) is 0 Å². The van der Waals surface area contributed by atoms with Gasteiger partial charge in [0, 0.05) is 25.9 Å². The number of carbonyl (C=O) groups excluding carboxylic acids is 2. The smallest absolute Gasteiger partial charge is 0.303 e. The van der Waals surface area contributed by atoms with Gasteiger partial charge in [-0.05, 0) is 25.7 Å². The normalized spacial score (nSPS) is 11.9. The maximum Gasteiger partial charge on any atom is 0.303 e. The first-order valence-electron chi connectivity index (χ1n) is 14.8. The predicted molar refractivity (Wildman–Crippen MR) is 146 cm³/mol. The molecule has 0 aromatic heterocycles. The summed E-state index contributed by atoms with van der Waals surface area (Å²) >= 11 is 0. The van der Waals surface area contributed by atoms with Crippen molar-refractivity contribution in [2.45, 2.75) is 155 Å². The summed E-state index contributed by atoms with van der Waals surface area (Å²) in [7, 11) is 0. The van der Waals surface area contributed by atoms with Crippen LogP contribution in [0.5, 0.6) is 0 Å². The average molecular weight is 497 g/mol. The van der Waals surface area contributed by atoms with E-state index in [4.69, 9.17) is 0 Å². The Bertz CT molecular complexity index is 527. The van der Waals surface area contributed by atoms with Crippen molar-refractivity contribution in [3.63, 3.8) is 0 Å². The van der Waals surface area contributed by atoms with Gasteiger partial charge < -0.3 is 15.3 Å². The number of carboxylic acid groups (broad SMARTS) is 1. The Hall–Kier alpha value is -1.59. The SMILES string of the molecule is CCCCCCCCCCCC(=O)N[C@@H](CCC(=O)O)C(=O)N(CCCCCC)CCCCCC. The van der Waals surface area contributed by atoms with Crippen LogP contribution in [0.15, 0.2) is 0 Å². The zero-order chi connectivity index (χ0) is 26.2. The van der Waals surface area contributed by atoms with E-state index in [0.29, 0.717) is 19.5 Å². The molecule has 0 aliphatic heterocycles. The van der Waals surface area contributed by atoms with E-state index in [1.165, 1.54) is 38.5 Å². The number of hydrogen-bond acceptors (Lipinski definition) is 3. The molecule has 35 heavy (non-hydrogen) atoms. The molecule has 0 bridgehead atoms. The van der Waals surface area contributed by atoms with Crippen molar-refractivity contribution >= 4 is 17.8 Å². The lowest BCUT2D eigenvalue weighted by Crippen LogP contribution is -2.49. The molecule has 0 spiro atoms. The standard InChI is InChI=1S/C29H56N2O4/c1-4-7-10-13-14-15-16-17-18-21-27(32)30-26(22-23-28(33)34)29(35)31(24-19-11-8-5-2)25-20-12-9-6-3/h26H,4-25H2,1-3H3,(H,30,32)(H,33,34)/t26-/m0/s1. The summed E-state index contributed by atoms with van der Waals surface area (Å²) in [5.41, 5.74) is 0. The fourth-order valence-corrected chi connectivity index (χ4v) is 4.40. The van der Waals surface area contributed by atoms with E-state index in [9.17, 15) is 19.5 Å². The van der Waals surface area contributed by atoms with Crippen molar-refractivity contribution in [1.29, 1.82) is 0 Å². The predicted octanol–water partition coefficient (Wildman–Crippen LogP) is 7.25. The van der Waals surface area contributed by atoms with E-state index in [-0.39, 0.29) is 24.7 Å². The summed E-state index contributed by atoms with van der Waals surface area (Å²) in [6.07, 6.45) is 19.7. The number of unbranched alkanes of at least 4 members (excludes halogenated alkanes) is 14. The van der Waals surface area contributed by atoms with Gasteiger partial charge in [0.15, 0.2) is 0 Å². The molecule has 0 aromatic carbocycles. The van der Waals surface area contributed by atoms with E-state index in [0.717, 1.165) is 70.6 Å². The third-order valence-electron chi connectivity index (χ3n) is 6.66. The van der Waals surface area contributed by atoms with Gasteiger partial charge in [0.2, 0.25) is 11.8 Å². The number of rotatable bonds is 25. The molecule has 0 unspecified atom stereocenters. The lowest BCUT2D eigenvalue weighted by Gasteiger charge is -2.28. The van der Waals surface area contributed by atoms with Crippen LogP contribution in [0.25, 0.3) is 0 Å². The van der Waals surface area contributed by atoms with Crippen molar-refractivity contribution in [3.05, 3.63) is 0 Å². The molecule has 0 aliphatic rings. The molecule has 6 heteroatoms. The van der Waals surface area contributed by atoms with Crippen molar-refractivity contribution in [2.24, 2.45) is 0 Å². The molecular formula is C29H56N2O4. The molecule has 0 saturated heterocycles. The summed E-state index contributed by atoms with van der Waals surface area (Å²) in [5.74, 6) is -1.18. The minimum Gasteiger partial charge on any atom is -0.481 e. The van der Waals surface area contributed by atoms with E-state index in [1.54, 1.807) is 0 Å². The van der Waals surface area contributed by atoms with Gasteiger partial charge in [-0.1, -0.05) is 111 Å². The Morgan fingerprint density at radius 1 is 0.629 bits per heavy atom. The molecule has 0 aliphatic carbocycles. The van der Waals surface area contributed by atoms with Crippen LogP contribution in [0.1, 0.15) is 149 Å². The number of amides is 2. The number of carbonyl (C=O) groups is 3. The van der Waals surface area contributed by atoms with Crippen molar-refractivity contribution in [3.8, 4) is 0 Å². The van der Waals surface area contributed by atoms with Gasteiger partial charge in [0.05, 0.1) is 0 Å². The minimum absolute atomic E-state index is 0.111. The molecule has 0 aromatic rings. The molecule has 0 rings (SSSR count). The van der Waals surface area contributed by atoms with Gasteiger partial charge in [0.25, 0.3) is 0 Å². The molecule has 2 amide bonds. The lowest BCUT2D eigenvalue weighted by atomic mass is 10.1. The zero-order valence-corrected chi connectivity index (χ0v) is 23.3. The van der Waals surface area contributed by atoms with E-state index in [2.05, 4.69) is 26.1 Å². The van der Waals surface area contributed by atoms with Crippen LogP contribution in [0.4, 0.5) is 0 Å². The number of hydrogen-bond donors (Lipinski definition) is 2. The van der Waals surface area contributed by atoms with Gasteiger partial charge in [-0.2, -0.15) is 0 Å². The van der Waals surface area contributed by atoms with Crippen LogP contribution in [-0.2, 0) is 14.4 Å². The summed E-state index contributed by atoms with van der Waals surface area (Å²) < 4.78 is 0. The van der Waals surface area contributed by atoms with Crippen LogP contribution >= 0.6 is 0 Å². The largest absolute Gasteiger partial charge is 0.481 e. The first-order chi connectivity index (χ1) is 17.0. The van der Waals surface area contributed by atoms with Gasteiger partial charge in [-0.15, -0.1) is 0 Å². The first-order valence-corrected chi connectivity index (χ1v) is 14.8. The van der Waals surface area contributed by atoms with Crippen LogP contribution < -0.4 is 5.32 Å². The average Bonchev–Trinajstić information content (AvgIpc) is 2.84. The first kappa shape index (κ1) is 33.4. The van der Waals surface area contributed by atoms with E-state index in [1.807, 2.05) is 4.90 Å². The topological polar surface area (TPSA) is 86.7 Å². The van der Waals surface area contributed by atoms with E-state index < -0.39 is 12.0 Å². The number of nitrogens with one attached hydrogen (secondary N) is 1. The molecule has 1 atom stereocenters. The lowest BCUT2D eigenvalue weighted by molar-refractivity contribution is -0.139. The molecule has 6 nitrogen and oxygen atoms in total. The summed E-state index contributed by atoms with van der Waals surface area (Å²) in [6.45, 7) is 7.92. The quantitative estimate of drug-likeness (QED) is 0.130. The number of carboxylic acids is 1. The number of nitrogens with zero attached hydrogens (tertiary/aromatic N) is 1. The third kappa shape index (κ3) is 20.3. The Morgan fingerprint density at radius 2 is 1.06 bits per heavy atom. The Labute approximate surface area is 216 Å².